The largest absolute Gasteiger partial charge is 0.497 e. The van der Waals surface area contributed by atoms with Crippen molar-refractivity contribution >= 4 is 5.91 Å². The van der Waals surface area contributed by atoms with Crippen LogP contribution in [0.5, 0.6) is 5.75 Å². The molecule has 0 bridgehead atoms. The standard InChI is InChI=1S/C17H28N2O2/c1-5-6-12-19(3)13-11-17(20)18-14(2)15-7-9-16(21-4)10-8-15/h7-10,14H,5-6,11-13H2,1-4H3,(H,18,20). The lowest BCUT2D eigenvalue weighted by atomic mass is 10.1. The van der Waals surface area contributed by atoms with Crippen LogP contribution in [-0.2, 0) is 4.79 Å². The summed E-state index contributed by atoms with van der Waals surface area (Å²) in [5, 5.41) is 3.04. The number of carbonyl (C=O) groups is 1. The first-order valence-corrected chi connectivity index (χ1v) is 7.68. The van der Waals surface area contributed by atoms with Crippen LogP contribution < -0.4 is 10.1 Å². The highest BCUT2D eigenvalue weighted by Crippen LogP contribution is 2.17. The molecule has 4 heteroatoms. The minimum atomic E-state index is 0.0179. The maximum absolute atomic E-state index is 12.0. The molecule has 1 amide bonds. The molecule has 1 rings (SSSR count). The highest BCUT2D eigenvalue weighted by Gasteiger charge is 2.10. The van der Waals surface area contributed by atoms with Crippen molar-refractivity contribution in [1.82, 2.24) is 10.2 Å². The van der Waals surface area contributed by atoms with Crippen LogP contribution in [0.3, 0.4) is 0 Å². The van der Waals surface area contributed by atoms with Gasteiger partial charge in [0.05, 0.1) is 13.2 Å². The molecular weight excluding hydrogens is 264 g/mol. The molecule has 1 aromatic rings. The summed E-state index contributed by atoms with van der Waals surface area (Å²) < 4.78 is 5.13. The van der Waals surface area contributed by atoms with E-state index < -0.39 is 0 Å². The van der Waals surface area contributed by atoms with Gasteiger partial charge in [0, 0.05) is 13.0 Å². The SMILES string of the molecule is CCCCN(C)CCC(=O)NC(C)c1ccc(OC)cc1. The zero-order chi connectivity index (χ0) is 15.7. The Hall–Kier alpha value is -1.55. The summed E-state index contributed by atoms with van der Waals surface area (Å²) >= 11 is 0. The van der Waals surface area contributed by atoms with E-state index in [1.807, 2.05) is 31.2 Å². The van der Waals surface area contributed by atoms with E-state index in [9.17, 15) is 4.79 Å². The molecule has 118 valence electrons. The molecular formula is C17H28N2O2. The quantitative estimate of drug-likeness (QED) is 0.761. The van der Waals surface area contributed by atoms with Crippen LogP contribution >= 0.6 is 0 Å². The highest BCUT2D eigenvalue weighted by molar-refractivity contribution is 5.76. The van der Waals surface area contributed by atoms with Gasteiger partial charge in [-0.2, -0.15) is 0 Å². The molecule has 21 heavy (non-hydrogen) atoms. The van der Waals surface area contributed by atoms with Crippen molar-refractivity contribution < 1.29 is 9.53 Å². The van der Waals surface area contributed by atoms with E-state index in [1.54, 1.807) is 7.11 Å². The van der Waals surface area contributed by atoms with Crippen LogP contribution in [0.15, 0.2) is 24.3 Å². The number of unbranched alkanes of at least 4 members (excludes halogenated alkanes) is 1. The molecule has 0 saturated carbocycles. The number of nitrogens with one attached hydrogen (secondary N) is 1. The van der Waals surface area contributed by atoms with Gasteiger partial charge < -0.3 is 15.0 Å². The molecule has 0 fully saturated rings. The fourth-order valence-electron chi connectivity index (χ4n) is 2.12. The van der Waals surface area contributed by atoms with Crippen LogP contribution in [0.2, 0.25) is 0 Å². The lowest BCUT2D eigenvalue weighted by Crippen LogP contribution is -2.31. The second-order valence-corrected chi connectivity index (χ2v) is 5.47. The summed E-state index contributed by atoms with van der Waals surface area (Å²) in [6.07, 6.45) is 2.91. The molecule has 0 aliphatic rings. The molecule has 1 N–H and O–H groups in total. The van der Waals surface area contributed by atoms with Gasteiger partial charge in [0.1, 0.15) is 5.75 Å². The number of benzene rings is 1. The summed E-state index contributed by atoms with van der Waals surface area (Å²) in [5.74, 6) is 0.927. The van der Waals surface area contributed by atoms with Gasteiger partial charge in [0.25, 0.3) is 0 Å². The van der Waals surface area contributed by atoms with Gasteiger partial charge in [0.2, 0.25) is 5.91 Å². The van der Waals surface area contributed by atoms with Crippen molar-refractivity contribution in [3.63, 3.8) is 0 Å². The van der Waals surface area contributed by atoms with E-state index in [0.717, 1.165) is 24.4 Å². The minimum absolute atomic E-state index is 0.0179. The lowest BCUT2D eigenvalue weighted by molar-refractivity contribution is -0.122. The number of rotatable bonds is 9. The number of ether oxygens (including phenoxy) is 1. The summed E-state index contributed by atoms with van der Waals surface area (Å²) in [4.78, 5) is 14.2. The fraction of sp³-hybridized carbons (Fsp3) is 0.588. The predicted molar refractivity (Wildman–Crippen MR) is 86.6 cm³/mol. The van der Waals surface area contributed by atoms with E-state index in [1.165, 1.54) is 12.8 Å². The number of methoxy groups -OCH3 is 1. The van der Waals surface area contributed by atoms with E-state index in [0.29, 0.717) is 6.42 Å². The molecule has 0 saturated heterocycles. The molecule has 0 aromatic heterocycles. The Bertz CT molecular complexity index is 417. The maximum Gasteiger partial charge on any atom is 0.221 e. The molecule has 4 nitrogen and oxygen atoms in total. The summed E-state index contributed by atoms with van der Waals surface area (Å²) in [6.45, 7) is 6.04. The Kier molecular flexibility index (Phi) is 7.83. The Morgan fingerprint density at radius 3 is 2.52 bits per heavy atom. The molecule has 1 unspecified atom stereocenters. The second-order valence-electron chi connectivity index (χ2n) is 5.47. The molecule has 0 spiro atoms. The molecule has 0 heterocycles. The van der Waals surface area contributed by atoms with Crippen molar-refractivity contribution in [3.05, 3.63) is 29.8 Å². The van der Waals surface area contributed by atoms with Gasteiger partial charge >= 0.3 is 0 Å². The zero-order valence-corrected chi connectivity index (χ0v) is 13.7. The maximum atomic E-state index is 12.0. The lowest BCUT2D eigenvalue weighted by Gasteiger charge is -2.18. The number of nitrogens with zero attached hydrogens (tertiary/aromatic N) is 1. The van der Waals surface area contributed by atoms with Crippen LogP contribution in [0, 0.1) is 0 Å². The third kappa shape index (κ3) is 6.63. The number of carbonyl (C=O) groups excluding carboxylic acids is 1. The molecule has 0 aliphatic heterocycles. The Labute approximate surface area is 128 Å². The van der Waals surface area contributed by atoms with Gasteiger partial charge in [0.15, 0.2) is 0 Å². The number of hydrogen-bond acceptors (Lipinski definition) is 3. The zero-order valence-electron chi connectivity index (χ0n) is 13.7. The van der Waals surface area contributed by atoms with Crippen LogP contribution in [0.4, 0.5) is 0 Å². The van der Waals surface area contributed by atoms with Gasteiger partial charge in [-0.3, -0.25) is 4.79 Å². The van der Waals surface area contributed by atoms with Crippen LogP contribution in [-0.4, -0.2) is 38.1 Å². The molecule has 0 aliphatic carbocycles. The minimum Gasteiger partial charge on any atom is -0.497 e. The first kappa shape index (κ1) is 17.5. The van der Waals surface area contributed by atoms with Crippen molar-refractivity contribution in [2.75, 3.05) is 27.2 Å². The van der Waals surface area contributed by atoms with E-state index in [2.05, 4.69) is 24.2 Å². The van der Waals surface area contributed by atoms with Crippen molar-refractivity contribution in [2.24, 2.45) is 0 Å². The van der Waals surface area contributed by atoms with Gasteiger partial charge in [-0.1, -0.05) is 25.5 Å². The van der Waals surface area contributed by atoms with Crippen molar-refractivity contribution in [1.29, 1.82) is 0 Å². The van der Waals surface area contributed by atoms with Gasteiger partial charge in [-0.15, -0.1) is 0 Å². The molecule has 1 atom stereocenters. The monoisotopic (exact) mass is 292 g/mol. The van der Waals surface area contributed by atoms with E-state index >= 15 is 0 Å². The van der Waals surface area contributed by atoms with Crippen LogP contribution in [0.25, 0.3) is 0 Å². The smallest absolute Gasteiger partial charge is 0.221 e. The third-order valence-electron chi connectivity index (χ3n) is 3.61. The van der Waals surface area contributed by atoms with Crippen LogP contribution in [0.1, 0.15) is 44.7 Å². The average molecular weight is 292 g/mol. The highest BCUT2D eigenvalue weighted by atomic mass is 16.5. The first-order valence-electron chi connectivity index (χ1n) is 7.68. The number of hydrogen-bond donors (Lipinski definition) is 1. The van der Waals surface area contributed by atoms with Crippen molar-refractivity contribution in [3.8, 4) is 5.75 Å². The van der Waals surface area contributed by atoms with Gasteiger partial charge in [-0.25, -0.2) is 0 Å². The first-order chi connectivity index (χ1) is 10.1. The summed E-state index contributed by atoms with van der Waals surface area (Å²) in [7, 11) is 3.71. The van der Waals surface area contributed by atoms with E-state index in [-0.39, 0.29) is 11.9 Å². The Morgan fingerprint density at radius 1 is 1.29 bits per heavy atom. The fourth-order valence-corrected chi connectivity index (χ4v) is 2.12. The summed E-state index contributed by atoms with van der Waals surface area (Å²) in [6, 6.07) is 7.81. The number of amides is 1. The topological polar surface area (TPSA) is 41.6 Å². The second kappa shape index (κ2) is 9.40. The molecule has 1 aromatic carbocycles. The molecule has 0 radical (unpaired) electrons. The normalized spacial score (nSPS) is 12.2. The average Bonchev–Trinajstić information content (AvgIpc) is 2.50. The Morgan fingerprint density at radius 2 is 1.95 bits per heavy atom. The predicted octanol–water partition coefficient (Wildman–Crippen LogP) is 2.99. The third-order valence-corrected chi connectivity index (χ3v) is 3.61. The Balaban J connectivity index is 2.35. The van der Waals surface area contributed by atoms with E-state index in [4.69, 9.17) is 4.74 Å². The summed E-state index contributed by atoms with van der Waals surface area (Å²) in [5.41, 5.74) is 1.09. The van der Waals surface area contributed by atoms with Crippen molar-refractivity contribution in [2.45, 2.75) is 39.2 Å². The van der Waals surface area contributed by atoms with Gasteiger partial charge in [-0.05, 0) is 44.6 Å².